The lowest BCUT2D eigenvalue weighted by molar-refractivity contribution is -0.183. The standard InChI is InChI=1S/C41H58O5/c1-37(2)32-18-19-40(6)33(39(32,5)22-28(35(37)45)25-14-11-15-26(42)20-25)17-16-29-34(31(44)23-41(29,40)7)27(24-12-9-8-10-13-24)21-30(43)36-38(3,4)46-36/h11,14-15,20,24,27-28,30,32-33,36,42-43H,8-10,12-13,16-19,21-23H2,1-7H3/t27-,28-,30+,32+,33+,36-,39+,40-,41-/m0/s1. The number of Topliss-reactive ketones (excluding diaryl/α,β-unsaturated/α-hetero) is 2. The number of epoxide rings is 1. The fourth-order valence-electron chi connectivity index (χ4n) is 12.8. The molecule has 1 heterocycles. The van der Waals surface area contributed by atoms with Crippen molar-refractivity contribution < 1.29 is 24.5 Å². The Morgan fingerprint density at radius 1 is 0.935 bits per heavy atom. The van der Waals surface area contributed by atoms with Gasteiger partial charge < -0.3 is 14.9 Å². The second-order valence-electron chi connectivity index (χ2n) is 18.3. The van der Waals surface area contributed by atoms with Gasteiger partial charge >= 0.3 is 0 Å². The van der Waals surface area contributed by atoms with E-state index in [1.165, 1.54) is 24.8 Å². The molecule has 0 radical (unpaired) electrons. The number of phenolic OH excluding ortho intramolecular Hbond substituents is 1. The first-order chi connectivity index (χ1) is 21.5. The van der Waals surface area contributed by atoms with E-state index in [2.05, 4.69) is 48.5 Å². The maximum atomic E-state index is 14.5. The van der Waals surface area contributed by atoms with Crippen molar-refractivity contribution in [1.82, 2.24) is 0 Å². The Balaban J connectivity index is 1.27. The molecule has 0 amide bonds. The van der Waals surface area contributed by atoms with Crippen LogP contribution in [-0.4, -0.2) is 39.6 Å². The summed E-state index contributed by atoms with van der Waals surface area (Å²) in [4.78, 5) is 28.6. The van der Waals surface area contributed by atoms with Crippen LogP contribution >= 0.6 is 0 Å². The van der Waals surface area contributed by atoms with Crippen LogP contribution in [0.2, 0.25) is 0 Å². The van der Waals surface area contributed by atoms with Gasteiger partial charge in [0.15, 0.2) is 5.78 Å². The predicted molar refractivity (Wildman–Crippen MR) is 180 cm³/mol. The third-order valence-corrected chi connectivity index (χ3v) is 15.3. The first kappa shape index (κ1) is 32.6. The highest BCUT2D eigenvalue weighted by Gasteiger charge is 2.69. The van der Waals surface area contributed by atoms with Gasteiger partial charge in [0.2, 0.25) is 0 Å². The predicted octanol–water partition coefficient (Wildman–Crippen LogP) is 8.71. The number of aromatic hydroxyl groups is 1. The second kappa shape index (κ2) is 10.8. The number of carbonyl (C=O) groups excluding carboxylic acids is 2. The molecular formula is C41H58O5. The molecule has 1 aromatic rings. The van der Waals surface area contributed by atoms with E-state index in [-0.39, 0.29) is 51.5 Å². The Morgan fingerprint density at radius 2 is 1.63 bits per heavy atom. The molecule has 0 bridgehead atoms. The Labute approximate surface area is 277 Å². The van der Waals surface area contributed by atoms with Gasteiger partial charge in [0.1, 0.15) is 17.6 Å². The molecule has 6 aliphatic rings. The molecule has 5 aliphatic carbocycles. The Kier molecular flexibility index (Phi) is 7.62. The van der Waals surface area contributed by atoms with Crippen molar-refractivity contribution in [2.75, 3.05) is 0 Å². The fraction of sp³-hybridized carbons (Fsp3) is 0.756. The lowest BCUT2D eigenvalue weighted by Crippen LogP contribution is -2.63. The van der Waals surface area contributed by atoms with Crippen LogP contribution in [0.5, 0.6) is 5.75 Å². The van der Waals surface area contributed by atoms with Gasteiger partial charge in [0.25, 0.3) is 0 Å². The summed E-state index contributed by atoms with van der Waals surface area (Å²) in [6, 6.07) is 7.36. The van der Waals surface area contributed by atoms with Gasteiger partial charge in [-0.3, -0.25) is 9.59 Å². The zero-order chi connectivity index (χ0) is 33.0. The topological polar surface area (TPSA) is 87.1 Å². The highest BCUT2D eigenvalue weighted by Crippen LogP contribution is 2.75. The van der Waals surface area contributed by atoms with Crippen LogP contribution < -0.4 is 0 Å². The molecule has 5 fully saturated rings. The van der Waals surface area contributed by atoms with Gasteiger partial charge in [-0.15, -0.1) is 0 Å². The minimum Gasteiger partial charge on any atom is -0.508 e. The van der Waals surface area contributed by atoms with Crippen LogP contribution in [0, 0.1) is 45.3 Å². The third kappa shape index (κ3) is 4.67. The molecule has 2 N–H and O–H groups in total. The quantitative estimate of drug-likeness (QED) is 0.307. The number of benzene rings is 1. The zero-order valence-electron chi connectivity index (χ0n) is 29.5. The average molecular weight is 631 g/mol. The zero-order valence-corrected chi connectivity index (χ0v) is 29.5. The Morgan fingerprint density at radius 3 is 2.28 bits per heavy atom. The first-order valence-corrected chi connectivity index (χ1v) is 18.5. The summed E-state index contributed by atoms with van der Waals surface area (Å²) in [6.45, 7) is 15.8. The summed E-state index contributed by atoms with van der Waals surface area (Å²) in [5, 5.41) is 21.8. The lowest BCUT2D eigenvalue weighted by Gasteiger charge is -2.68. The molecular weight excluding hydrogens is 572 g/mol. The van der Waals surface area contributed by atoms with E-state index >= 15 is 0 Å². The van der Waals surface area contributed by atoms with E-state index in [9.17, 15) is 19.8 Å². The summed E-state index contributed by atoms with van der Waals surface area (Å²) in [6.07, 6.45) is 11.3. The van der Waals surface area contributed by atoms with E-state index in [1.54, 1.807) is 12.1 Å². The van der Waals surface area contributed by atoms with Crippen molar-refractivity contribution in [3.05, 3.63) is 41.0 Å². The molecule has 0 aromatic heterocycles. The van der Waals surface area contributed by atoms with Crippen molar-refractivity contribution in [3.8, 4) is 5.75 Å². The number of carbonyl (C=O) groups is 2. The number of aliphatic hydroxyl groups is 1. The molecule has 1 aliphatic heterocycles. The van der Waals surface area contributed by atoms with E-state index < -0.39 is 11.5 Å². The number of hydrogen-bond acceptors (Lipinski definition) is 5. The second-order valence-corrected chi connectivity index (χ2v) is 18.3. The Bertz CT molecular complexity index is 1450. The molecule has 1 aromatic carbocycles. The fourth-order valence-corrected chi connectivity index (χ4v) is 12.8. The van der Waals surface area contributed by atoms with Crippen molar-refractivity contribution >= 4 is 11.6 Å². The van der Waals surface area contributed by atoms with E-state index in [0.717, 1.165) is 56.1 Å². The van der Waals surface area contributed by atoms with Gasteiger partial charge in [-0.25, -0.2) is 0 Å². The van der Waals surface area contributed by atoms with E-state index in [4.69, 9.17) is 4.74 Å². The molecule has 4 saturated carbocycles. The number of ether oxygens (including phenoxy) is 1. The highest BCUT2D eigenvalue weighted by atomic mass is 16.6. The van der Waals surface area contributed by atoms with Crippen molar-refractivity contribution in [3.63, 3.8) is 0 Å². The number of rotatable bonds is 6. The number of phenols is 1. The largest absolute Gasteiger partial charge is 0.508 e. The van der Waals surface area contributed by atoms with E-state index in [0.29, 0.717) is 36.2 Å². The molecule has 0 spiro atoms. The first-order valence-electron chi connectivity index (χ1n) is 18.5. The highest BCUT2D eigenvalue weighted by molar-refractivity contribution is 6.01. The summed E-state index contributed by atoms with van der Waals surface area (Å²) in [5.41, 5.74) is 2.36. The summed E-state index contributed by atoms with van der Waals surface area (Å²) < 4.78 is 5.90. The maximum absolute atomic E-state index is 14.5. The smallest absolute Gasteiger partial charge is 0.160 e. The van der Waals surface area contributed by atoms with Gasteiger partial charge in [0.05, 0.1) is 11.7 Å². The minimum atomic E-state index is -0.549. The molecule has 252 valence electrons. The molecule has 0 unspecified atom stereocenters. The summed E-state index contributed by atoms with van der Waals surface area (Å²) in [5.74, 6) is 1.86. The average Bonchev–Trinajstić information content (AvgIpc) is 3.55. The SMILES string of the molecule is CC1(C)O[C@H]1[C@H](O)C[C@H](C1=C2CC[C@@H]3[C@]4(C)C[C@@H](c5cccc(O)c5)C(=O)C(C)(C)[C@H]4CC[C@]3(C)[C@@]2(C)CC1=O)C1CCCCC1. The lowest BCUT2D eigenvalue weighted by atomic mass is 9.35. The maximum Gasteiger partial charge on any atom is 0.160 e. The number of ketones is 2. The van der Waals surface area contributed by atoms with Crippen LogP contribution in [0.1, 0.15) is 137 Å². The van der Waals surface area contributed by atoms with Crippen LogP contribution in [-0.2, 0) is 14.3 Å². The van der Waals surface area contributed by atoms with Crippen LogP contribution in [0.3, 0.4) is 0 Å². The van der Waals surface area contributed by atoms with Gasteiger partial charge in [-0.1, -0.05) is 71.6 Å². The molecule has 1 saturated heterocycles. The monoisotopic (exact) mass is 630 g/mol. The van der Waals surface area contributed by atoms with Crippen molar-refractivity contribution in [1.29, 1.82) is 0 Å². The summed E-state index contributed by atoms with van der Waals surface area (Å²) in [7, 11) is 0. The number of aliphatic hydroxyl groups excluding tert-OH is 1. The van der Waals surface area contributed by atoms with Crippen LogP contribution in [0.15, 0.2) is 35.4 Å². The molecule has 5 nitrogen and oxygen atoms in total. The Hall–Kier alpha value is -1.98. The third-order valence-electron chi connectivity index (χ3n) is 15.3. The summed E-state index contributed by atoms with van der Waals surface area (Å²) >= 11 is 0. The molecule has 46 heavy (non-hydrogen) atoms. The minimum absolute atomic E-state index is 0.0551. The van der Waals surface area contributed by atoms with Crippen molar-refractivity contribution in [2.45, 2.75) is 149 Å². The van der Waals surface area contributed by atoms with E-state index in [1.807, 2.05) is 12.1 Å². The van der Waals surface area contributed by atoms with Gasteiger partial charge in [-0.2, -0.15) is 0 Å². The normalized spacial score (nSPS) is 41.4. The number of hydrogen-bond donors (Lipinski definition) is 2. The number of allylic oxidation sites excluding steroid dienone is 2. The molecule has 5 heteroatoms. The van der Waals surface area contributed by atoms with Gasteiger partial charge in [-0.05, 0) is 123 Å². The van der Waals surface area contributed by atoms with Crippen LogP contribution in [0.4, 0.5) is 0 Å². The number of fused-ring (bicyclic) bond motifs is 5. The molecule has 7 rings (SSSR count). The van der Waals surface area contributed by atoms with Gasteiger partial charge in [0, 0.05) is 23.2 Å². The van der Waals surface area contributed by atoms with Crippen molar-refractivity contribution in [2.24, 2.45) is 45.3 Å². The molecule has 9 atom stereocenters. The van der Waals surface area contributed by atoms with Crippen LogP contribution in [0.25, 0.3) is 0 Å².